The van der Waals surface area contributed by atoms with Crippen LogP contribution in [-0.4, -0.2) is 12.6 Å². The van der Waals surface area contributed by atoms with Crippen molar-refractivity contribution in [2.75, 3.05) is 12.3 Å². The second kappa shape index (κ2) is 5.17. The molecule has 1 aliphatic rings. The van der Waals surface area contributed by atoms with E-state index < -0.39 is 0 Å². The van der Waals surface area contributed by atoms with Gasteiger partial charge in [-0.1, -0.05) is 24.6 Å². The maximum absolute atomic E-state index is 5.92. The Bertz CT molecular complexity index is 303. The van der Waals surface area contributed by atoms with Crippen LogP contribution in [0.15, 0.2) is 24.3 Å². The molecule has 1 saturated heterocycles. The summed E-state index contributed by atoms with van der Waals surface area (Å²) in [6, 6.07) is 8.90. The van der Waals surface area contributed by atoms with Crippen molar-refractivity contribution in [2.24, 2.45) is 0 Å². The third-order valence-electron chi connectivity index (χ3n) is 3.23. The second-order valence-electron chi connectivity index (χ2n) is 4.38. The largest absolute Gasteiger partial charge is 0.399 e. The minimum absolute atomic E-state index is 0.707. The zero-order valence-electron chi connectivity index (χ0n) is 9.21. The molecule has 2 rings (SSSR count). The fourth-order valence-corrected chi connectivity index (χ4v) is 2.26. The summed E-state index contributed by atoms with van der Waals surface area (Å²) in [5, 5.41) is 3.57. The van der Waals surface area contributed by atoms with Crippen LogP contribution in [0.1, 0.15) is 31.2 Å². The Morgan fingerprint density at radius 1 is 1.27 bits per heavy atom. The standard InChI is InChI=1S/C13H20N2/c14-13-7-2-1-5-11(13)8-9-12-6-3-4-10-15-12/h1-2,5,7,12,15H,3-4,6,8-10,14H2. The van der Waals surface area contributed by atoms with Crippen LogP contribution in [0.2, 0.25) is 0 Å². The van der Waals surface area contributed by atoms with Gasteiger partial charge in [-0.2, -0.15) is 0 Å². The molecule has 0 bridgehead atoms. The molecule has 3 N–H and O–H groups in total. The van der Waals surface area contributed by atoms with Gasteiger partial charge in [0.25, 0.3) is 0 Å². The van der Waals surface area contributed by atoms with Crippen LogP contribution in [-0.2, 0) is 6.42 Å². The number of nitrogens with two attached hydrogens (primary N) is 1. The average Bonchev–Trinajstić information content (AvgIpc) is 2.29. The normalized spacial score (nSPS) is 21.5. The molecule has 82 valence electrons. The molecule has 0 amide bonds. The molecule has 1 aromatic carbocycles. The van der Waals surface area contributed by atoms with E-state index in [2.05, 4.69) is 17.4 Å². The van der Waals surface area contributed by atoms with Crippen LogP contribution >= 0.6 is 0 Å². The van der Waals surface area contributed by atoms with Crippen LogP contribution in [0.25, 0.3) is 0 Å². The van der Waals surface area contributed by atoms with Crippen molar-refractivity contribution >= 4 is 5.69 Å². The van der Waals surface area contributed by atoms with E-state index >= 15 is 0 Å². The summed E-state index contributed by atoms with van der Waals surface area (Å²) < 4.78 is 0. The Hall–Kier alpha value is -1.02. The van der Waals surface area contributed by atoms with E-state index in [-0.39, 0.29) is 0 Å². The summed E-state index contributed by atoms with van der Waals surface area (Å²) in [6.07, 6.45) is 6.36. The number of nitrogen functional groups attached to an aromatic ring is 1. The maximum atomic E-state index is 5.92. The fraction of sp³-hybridized carbons (Fsp3) is 0.538. The van der Waals surface area contributed by atoms with Gasteiger partial charge in [-0.3, -0.25) is 0 Å². The van der Waals surface area contributed by atoms with Gasteiger partial charge in [-0.05, 0) is 43.9 Å². The lowest BCUT2D eigenvalue weighted by Gasteiger charge is -2.23. The molecular weight excluding hydrogens is 184 g/mol. The van der Waals surface area contributed by atoms with E-state index in [4.69, 9.17) is 5.73 Å². The van der Waals surface area contributed by atoms with Gasteiger partial charge in [-0.25, -0.2) is 0 Å². The number of anilines is 1. The monoisotopic (exact) mass is 204 g/mol. The van der Waals surface area contributed by atoms with Crippen molar-refractivity contribution in [3.05, 3.63) is 29.8 Å². The van der Waals surface area contributed by atoms with Crippen molar-refractivity contribution in [2.45, 2.75) is 38.1 Å². The highest BCUT2D eigenvalue weighted by Crippen LogP contribution is 2.17. The van der Waals surface area contributed by atoms with E-state index in [1.807, 2.05) is 12.1 Å². The predicted octanol–water partition coefficient (Wildman–Crippen LogP) is 2.34. The Morgan fingerprint density at radius 2 is 2.13 bits per heavy atom. The first-order valence-corrected chi connectivity index (χ1v) is 5.93. The molecule has 2 nitrogen and oxygen atoms in total. The quantitative estimate of drug-likeness (QED) is 0.742. The molecule has 0 aromatic heterocycles. The number of benzene rings is 1. The lowest BCUT2D eigenvalue weighted by Crippen LogP contribution is -2.34. The SMILES string of the molecule is Nc1ccccc1CCC1CCCCN1. The topological polar surface area (TPSA) is 38.0 Å². The summed E-state index contributed by atoms with van der Waals surface area (Å²) in [4.78, 5) is 0. The summed E-state index contributed by atoms with van der Waals surface area (Å²) in [5.74, 6) is 0. The first-order chi connectivity index (χ1) is 7.36. The van der Waals surface area contributed by atoms with Crippen molar-refractivity contribution in [1.82, 2.24) is 5.32 Å². The average molecular weight is 204 g/mol. The van der Waals surface area contributed by atoms with Gasteiger partial charge in [-0.15, -0.1) is 0 Å². The molecule has 0 radical (unpaired) electrons. The smallest absolute Gasteiger partial charge is 0.0346 e. The number of hydrogen-bond acceptors (Lipinski definition) is 2. The summed E-state index contributed by atoms with van der Waals surface area (Å²) >= 11 is 0. The third kappa shape index (κ3) is 2.96. The Kier molecular flexibility index (Phi) is 3.62. The first-order valence-electron chi connectivity index (χ1n) is 5.93. The molecule has 1 fully saturated rings. The summed E-state index contributed by atoms with van der Waals surface area (Å²) in [6.45, 7) is 1.19. The molecule has 1 atom stereocenters. The minimum Gasteiger partial charge on any atom is -0.399 e. The number of piperidine rings is 1. The lowest BCUT2D eigenvalue weighted by atomic mass is 9.97. The van der Waals surface area contributed by atoms with Gasteiger partial charge in [0.05, 0.1) is 0 Å². The number of para-hydroxylation sites is 1. The second-order valence-corrected chi connectivity index (χ2v) is 4.38. The molecular formula is C13H20N2. The number of nitrogens with one attached hydrogen (secondary N) is 1. The van der Waals surface area contributed by atoms with Gasteiger partial charge in [0.2, 0.25) is 0 Å². The van der Waals surface area contributed by atoms with Crippen LogP contribution in [0.3, 0.4) is 0 Å². The van der Waals surface area contributed by atoms with E-state index in [0.29, 0.717) is 6.04 Å². The predicted molar refractivity (Wildman–Crippen MR) is 64.8 cm³/mol. The highest BCUT2D eigenvalue weighted by molar-refractivity contribution is 5.46. The van der Waals surface area contributed by atoms with Gasteiger partial charge < -0.3 is 11.1 Å². The van der Waals surface area contributed by atoms with Gasteiger partial charge in [0.1, 0.15) is 0 Å². The summed E-state index contributed by atoms with van der Waals surface area (Å²) in [5.41, 5.74) is 8.15. The highest BCUT2D eigenvalue weighted by atomic mass is 14.9. The first kappa shape index (κ1) is 10.5. The zero-order valence-corrected chi connectivity index (χ0v) is 9.21. The van der Waals surface area contributed by atoms with E-state index in [9.17, 15) is 0 Å². The maximum Gasteiger partial charge on any atom is 0.0346 e. The molecule has 1 aliphatic heterocycles. The Morgan fingerprint density at radius 3 is 2.87 bits per heavy atom. The molecule has 15 heavy (non-hydrogen) atoms. The van der Waals surface area contributed by atoms with Crippen molar-refractivity contribution in [3.8, 4) is 0 Å². The molecule has 0 saturated carbocycles. The highest BCUT2D eigenvalue weighted by Gasteiger charge is 2.12. The number of hydrogen-bond donors (Lipinski definition) is 2. The zero-order chi connectivity index (χ0) is 10.5. The lowest BCUT2D eigenvalue weighted by molar-refractivity contribution is 0.383. The molecule has 2 heteroatoms. The van der Waals surface area contributed by atoms with Crippen LogP contribution in [0.4, 0.5) is 5.69 Å². The Balaban J connectivity index is 1.84. The van der Waals surface area contributed by atoms with Crippen LogP contribution in [0.5, 0.6) is 0 Å². The molecule has 1 unspecified atom stereocenters. The van der Waals surface area contributed by atoms with E-state index in [0.717, 1.165) is 12.1 Å². The van der Waals surface area contributed by atoms with Gasteiger partial charge >= 0.3 is 0 Å². The third-order valence-corrected chi connectivity index (χ3v) is 3.23. The van der Waals surface area contributed by atoms with Crippen molar-refractivity contribution in [3.63, 3.8) is 0 Å². The van der Waals surface area contributed by atoms with Crippen LogP contribution in [0, 0.1) is 0 Å². The fourth-order valence-electron chi connectivity index (χ4n) is 2.26. The number of rotatable bonds is 3. The van der Waals surface area contributed by atoms with Crippen molar-refractivity contribution in [1.29, 1.82) is 0 Å². The van der Waals surface area contributed by atoms with Crippen LogP contribution < -0.4 is 11.1 Å². The molecule has 1 aromatic rings. The van der Waals surface area contributed by atoms with E-state index in [1.54, 1.807) is 0 Å². The van der Waals surface area contributed by atoms with Crippen molar-refractivity contribution < 1.29 is 0 Å². The Labute approximate surface area is 91.9 Å². The number of aryl methyl sites for hydroxylation is 1. The molecule has 0 aliphatic carbocycles. The minimum atomic E-state index is 0.707. The molecule has 1 heterocycles. The van der Waals surface area contributed by atoms with E-state index in [1.165, 1.54) is 37.8 Å². The van der Waals surface area contributed by atoms with Gasteiger partial charge in [0.15, 0.2) is 0 Å². The van der Waals surface area contributed by atoms with Gasteiger partial charge in [0, 0.05) is 11.7 Å². The molecule has 0 spiro atoms. The summed E-state index contributed by atoms with van der Waals surface area (Å²) in [7, 11) is 0.